The molecule has 0 unspecified atom stereocenters. The van der Waals surface area contributed by atoms with Crippen molar-refractivity contribution < 1.29 is 17.6 Å². The average molecular weight is 386 g/mol. The van der Waals surface area contributed by atoms with Gasteiger partial charge in [-0.2, -0.15) is 5.10 Å². The Hall–Kier alpha value is -2.19. The van der Waals surface area contributed by atoms with E-state index >= 15 is 0 Å². The van der Waals surface area contributed by atoms with Crippen molar-refractivity contribution in [1.82, 2.24) is 15.1 Å². The molecule has 0 bridgehead atoms. The van der Waals surface area contributed by atoms with E-state index in [4.69, 9.17) is 11.6 Å². The highest BCUT2D eigenvalue weighted by Gasteiger charge is 2.13. The van der Waals surface area contributed by atoms with Crippen LogP contribution in [0.4, 0.5) is 4.39 Å². The molecule has 1 aromatic heterocycles. The Morgan fingerprint density at radius 2 is 2.00 bits per heavy atom. The van der Waals surface area contributed by atoms with Gasteiger partial charge in [-0.25, -0.2) is 17.5 Å². The van der Waals surface area contributed by atoms with Crippen LogP contribution < -0.4 is 5.32 Å². The minimum absolute atomic E-state index is 0.0313. The molecule has 0 fully saturated rings. The van der Waals surface area contributed by atoms with Crippen LogP contribution in [0.25, 0.3) is 11.8 Å². The molecule has 0 saturated carbocycles. The first-order valence-electron chi connectivity index (χ1n) is 7.32. The van der Waals surface area contributed by atoms with Crippen molar-refractivity contribution >= 4 is 33.4 Å². The number of amides is 1. The van der Waals surface area contributed by atoms with Gasteiger partial charge in [0.15, 0.2) is 0 Å². The minimum Gasteiger partial charge on any atom is -0.352 e. The monoisotopic (exact) mass is 385 g/mol. The predicted molar refractivity (Wildman–Crippen MR) is 95.0 cm³/mol. The molecular formula is C16H17ClFN3O3S. The van der Waals surface area contributed by atoms with Crippen LogP contribution in [0, 0.1) is 12.7 Å². The smallest absolute Gasteiger partial charge is 0.244 e. The van der Waals surface area contributed by atoms with Gasteiger partial charge in [0, 0.05) is 24.4 Å². The molecule has 0 spiro atoms. The predicted octanol–water partition coefficient (Wildman–Crippen LogP) is 2.15. The Labute approximate surface area is 150 Å². The normalized spacial score (nSPS) is 11.8. The van der Waals surface area contributed by atoms with Gasteiger partial charge >= 0.3 is 0 Å². The van der Waals surface area contributed by atoms with Crippen molar-refractivity contribution in [3.8, 4) is 5.69 Å². The molecule has 1 amide bonds. The van der Waals surface area contributed by atoms with Crippen molar-refractivity contribution in [2.45, 2.75) is 6.92 Å². The fourth-order valence-corrected chi connectivity index (χ4v) is 2.84. The third-order valence-corrected chi connectivity index (χ3v) is 4.60. The second-order valence-electron chi connectivity index (χ2n) is 5.43. The maximum atomic E-state index is 13.0. The number of carbonyl (C=O) groups is 1. The van der Waals surface area contributed by atoms with Crippen LogP contribution in [-0.2, 0) is 14.6 Å². The third-order valence-electron chi connectivity index (χ3n) is 3.29. The van der Waals surface area contributed by atoms with E-state index in [2.05, 4.69) is 10.4 Å². The Morgan fingerprint density at radius 1 is 1.36 bits per heavy atom. The van der Waals surface area contributed by atoms with E-state index in [1.165, 1.54) is 29.0 Å². The van der Waals surface area contributed by atoms with Gasteiger partial charge in [-0.05, 0) is 37.3 Å². The second kappa shape index (κ2) is 7.79. The van der Waals surface area contributed by atoms with Crippen LogP contribution in [0.2, 0.25) is 5.15 Å². The standard InChI is InChI=1S/C16H17ClFN3O3S/c1-11-14(7-8-15(22)19-9-10-25(2,23)24)16(17)21(20-11)13-5-3-12(18)4-6-13/h3-8H,9-10H2,1-2H3,(H,19,22)/b8-7+. The summed E-state index contributed by atoms with van der Waals surface area (Å²) in [6.07, 6.45) is 3.86. The first-order valence-corrected chi connectivity index (χ1v) is 9.76. The molecule has 0 radical (unpaired) electrons. The van der Waals surface area contributed by atoms with Gasteiger partial charge in [0.25, 0.3) is 0 Å². The number of hydrogen-bond acceptors (Lipinski definition) is 4. The van der Waals surface area contributed by atoms with Crippen LogP contribution in [0.15, 0.2) is 30.3 Å². The number of benzene rings is 1. The van der Waals surface area contributed by atoms with Crippen molar-refractivity contribution in [2.24, 2.45) is 0 Å². The van der Waals surface area contributed by atoms with Crippen LogP contribution in [-0.4, -0.2) is 42.7 Å². The number of nitrogens with zero attached hydrogens (tertiary/aromatic N) is 2. The van der Waals surface area contributed by atoms with Crippen LogP contribution in [0.1, 0.15) is 11.3 Å². The number of halogens is 2. The molecule has 2 aromatic rings. The highest BCUT2D eigenvalue weighted by atomic mass is 35.5. The maximum absolute atomic E-state index is 13.0. The number of rotatable bonds is 6. The third kappa shape index (κ3) is 5.40. The van der Waals surface area contributed by atoms with Crippen LogP contribution in [0.5, 0.6) is 0 Å². The molecule has 0 saturated heterocycles. The van der Waals surface area contributed by atoms with Gasteiger partial charge in [-0.1, -0.05) is 11.6 Å². The summed E-state index contributed by atoms with van der Waals surface area (Å²) in [5, 5.41) is 7.04. The maximum Gasteiger partial charge on any atom is 0.244 e. The zero-order valence-corrected chi connectivity index (χ0v) is 15.2. The summed E-state index contributed by atoms with van der Waals surface area (Å²) in [7, 11) is -3.13. The van der Waals surface area contributed by atoms with E-state index in [9.17, 15) is 17.6 Å². The lowest BCUT2D eigenvalue weighted by Gasteiger charge is -2.02. The van der Waals surface area contributed by atoms with Gasteiger partial charge in [-0.3, -0.25) is 4.79 Å². The highest BCUT2D eigenvalue weighted by molar-refractivity contribution is 7.90. The number of aryl methyl sites for hydroxylation is 1. The number of carbonyl (C=O) groups excluding carboxylic acids is 1. The summed E-state index contributed by atoms with van der Waals surface area (Å²) in [6.45, 7) is 1.76. The van der Waals surface area contributed by atoms with Crippen molar-refractivity contribution in [1.29, 1.82) is 0 Å². The molecule has 1 heterocycles. The van der Waals surface area contributed by atoms with Gasteiger partial charge < -0.3 is 5.32 Å². The molecule has 9 heteroatoms. The van der Waals surface area contributed by atoms with Crippen LogP contribution in [0.3, 0.4) is 0 Å². The second-order valence-corrected chi connectivity index (χ2v) is 8.05. The summed E-state index contributed by atoms with van der Waals surface area (Å²) in [5.41, 5.74) is 1.73. The van der Waals surface area contributed by atoms with E-state index < -0.39 is 15.7 Å². The van der Waals surface area contributed by atoms with Crippen molar-refractivity contribution in [3.63, 3.8) is 0 Å². The summed E-state index contributed by atoms with van der Waals surface area (Å²) < 4.78 is 36.5. The first kappa shape index (κ1) is 19.1. The Bertz CT molecular complexity index is 905. The van der Waals surface area contributed by atoms with Crippen LogP contribution >= 0.6 is 11.6 Å². The fourth-order valence-electron chi connectivity index (χ4n) is 2.03. The topological polar surface area (TPSA) is 81.1 Å². The zero-order valence-electron chi connectivity index (χ0n) is 13.7. The Morgan fingerprint density at radius 3 is 2.60 bits per heavy atom. The van der Waals surface area contributed by atoms with E-state index in [1.807, 2.05) is 0 Å². The molecule has 0 aliphatic carbocycles. The molecule has 25 heavy (non-hydrogen) atoms. The largest absolute Gasteiger partial charge is 0.352 e. The minimum atomic E-state index is -3.13. The van der Waals surface area contributed by atoms with E-state index in [0.29, 0.717) is 16.9 Å². The van der Waals surface area contributed by atoms with Gasteiger partial charge in [0.2, 0.25) is 5.91 Å². The highest BCUT2D eigenvalue weighted by Crippen LogP contribution is 2.24. The Kier molecular flexibility index (Phi) is 5.97. The van der Waals surface area contributed by atoms with Gasteiger partial charge in [-0.15, -0.1) is 0 Å². The molecule has 1 aromatic carbocycles. The molecule has 1 N–H and O–H groups in total. The number of hydrogen-bond donors (Lipinski definition) is 1. The zero-order chi connectivity index (χ0) is 18.6. The number of sulfone groups is 1. The van der Waals surface area contributed by atoms with E-state index in [0.717, 1.165) is 6.26 Å². The molecule has 0 atom stereocenters. The van der Waals surface area contributed by atoms with Gasteiger partial charge in [0.05, 0.1) is 17.1 Å². The average Bonchev–Trinajstić information content (AvgIpc) is 2.79. The summed E-state index contributed by atoms with van der Waals surface area (Å²) in [4.78, 5) is 11.7. The van der Waals surface area contributed by atoms with E-state index in [1.54, 1.807) is 19.1 Å². The molecule has 2 rings (SSSR count). The number of nitrogens with one attached hydrogen (secondary N) is 1. The lowest BCUT2D eigenvalue weighted by molar-refractivity contribution is -0.116. The number of aromatic nitrogens is 2. The molecule has 0 aliphatic heterocycles. The SMILES string of the molecule is Cc1nn(-c2ccc(F)cc2)c(Cl)c1/C=C/C(=O)NCCS(C)(=O)=O. The summed E-state index contributed by atoms with van der Waals surface area (Å²) >= 11 is 6.30. The quantitative estimate of drug-likeness (QED) is 0.772. The Balaban J connectivity index is 2.12. The van der Waals surface area contributed by atoms with Crippen molar-refractivity contribution in [3.05, 3.63) is 52.6 Å². The van der Waals surface area contributed by atoms with Gasteiger partial charge in [0.1, 0.15) is 20.8 Å². The lowest BCUT2D eigenvalue weighted by Crippen LogP contribution is -2.27. The molecule has 6 nitrogen and oxygen atoms in total. The fraction of sp³-hybridized carbons (Fsp3) is 0.250. The molecular weight excluding hydrogens is 369 g/mol. The summed E-state index contributed by atoms with van der Waals surface area (Å²) in [6, 6.07) is 5.68. The van der Waals surface area contributed by atoms with Crippen molar-refractivity contribution in [2.75, 3.05) is 18.6 Å². The molecule has 134 valence electrons. The first-order chi connectivity index (χ1) is 11.7. The molecule has 0 aliphatic rings. The van der Waals surface area contributed by atoms with E-state index in [-0.39, 0.29) is 23.3 Å². The summed E-state index contributed by atoms with van der Waals surface area (Å²) in [5.74, 6) is -0.933. The lowest BCUT2D eigenvalue weighted by atomic mass is 10.2.